The van der Waals surface area contributed by atoms with Crippen molar-refractivity contribution in [3.05, 3.63) is 11.4 Å². The van der Waals surface area contributed by atoms with Crippen molar-refractivity contribution in [1.29, 1.82) is 0 Å². The van der Waals surface area contributed by atoms with Crippen LogP contribution in [0.1, 0.15) is 31.2 Å². The molecule has 1 fully saturated rings. The predicted octanol–water partition coefficient (Wildman–Crippen LogP) is 1.60. The lowest BCUT2D eigenvalue weighted by atomic mass is 10.2. The zero-order valence-corrected chi connectivity index (χ0v) is 12.5. The zero-order chi connectivity index (χ0) is 14.0. The fourth-order valence-electron chi connectivity index (χ4n) is 2.93. The Hall–Kier alpha value is -1.36. The Morgan fingerprint density at radius 1 is 1.37 bits per heavy atom. The molecule has 1 aromatic rings. The number of hydrogen-bond acceptors (Lipinski definition) is 5. The van der Waals surface area contributed by atoms with Crippen LogP contribution in [0.3, 0.4) is 0 Å². The van der Waals surface area contributed by atoms with Crippen LogP contribution in [0, 0.1) is 13.8 Å². The van der Waals surface area contributed by atoms with Gasteiger partial charge in [0.1, 0.15) is 17.5 Å². The molecule has 19 heavy (non-hydrogen) atoms. The van der Waals surface area contributed by atoms with E-state index in [1.807, 2.05) is 13.8 Å². The lowest BCUT2D eigenvalue weighted by Crippen LogP contribution is -2.39. The quantitative estimate of drug-likeness (QED) is 0.894. The molecule has 0 bridgehead atoms. The van der Waals surface area contributed by atoms with E-state index in [1.165, 1.54) is 19.4 Å². The van der Waals surface area contributed by atoms with Crippen LogP contribution in [0.5, 0.6) is 0 Å². The molecule has 0 aliphatic carbocycles. The monoisotopic (exact) mass is 263 g/mol. The Balaban J connectivity index is 2.13. The third-order valence-corrected chi connectivity index (χ3v) is 4.02. The molecule has 1 aromatic heterocycles. The van der Waals surface area contributed by atoms with E-state index in [-0.39, 0.29) is 0 Å². The molecule has 2 N–H and O–H groups in total. The average Bonchev–Trinajstić information content (AvgIpc) is 2.80. The number of nitrogens with two attached hydrogens (primary N) is 1. The number of likely N-dealkylation sites (tertiary alicyclic amines) is 1. The Labute approximate surface area is 115 Å². The average molecular weight is 263 g/mol. The van der Waals surface area contributed by atoms with E-state index in [0.717, 1.165) is 30.3 Å². The van der Waals surface area contributed by atoms with Gasteiger partial charge in [0, 0.05) is 25.2 Å². The van der Waals surface area contributed by atoms with Gasteiger partial charge in [-0.25, -0.2) is 9.97 Å². The Bertz CT molecular complexity index is 446. The van der Waals surface area contributed by atoms with Crippen molar-refractivity contribution in [2.24, 2.45) is 0 Å². The Morgan fingerprint density at radius 3 is 2.79 bits per heavy atom. The summed E-state index contributed by atoms with van der Waals surface area (Å²) in [4.78, 5) is 13.5. The summed E-state index contributed by atoms with van der Waals surface area (Å²) < 4.78 is 0. The molecule has 0 radical (unpaired) electrons. The molecule has 0 aromatic carbocycles. The normalized spacial score (nSPS) is 19.9. The first-order valence-corrected chi connectivity index (χ1v) is 7.08. The summed E-state index contributed by atoms with van der Waals surface area (Å²) in [5.74, 6) is 2.30. The van der Waals surface area contributed by atoms with Crippen LogP contribution in [0.2, 0.25) is 0 Å². The molecule has 1 saturated heterocycles. The minimum Gasteiger partial charge on any atom is -0.383 e. The van der Waals surface area contributed by atoms with Gasteiger partial charge in [0.05, 0.1) is 0 Å². The van der Waals surface area contributed by atoms with Gasteiger partial charge < -0.3 is 10.6 Å². The maximum Gasteiger partial charge on any atom is 0.137 e. The number of nitrogen functional groups attached to an aromatic ring is 1. The van der Waals surface area contributed by atoms with Gasteiger partial charge in [-0.05, 0) is 39.8 Å². The van der Waals surface area contributed by atoms with E-state index in [4.69, 9.17) is 5.73 Å². The summed E-state index contributed by atoms with van der Waals surface area (Å²) in [7, 11) is 2.10. The molecule has 5 heteroatoms. The lowest BCUT2D eigenvalue weighted by Gasteiger charge is -2.29. The van der Waals surface area contributed by atoms with Crippen molar-refractivity contribution in [2.75, 3.05) is 37.3 Å². The van der Waals surface area contributed by atoms with E-state index in [9.17, 15) is 0 Å². The highest BCUT2D eigenvalue weighted by molar-refractivity contribution is 5.56. The van der Waals surface area contributed by atoms with E-state index >= 15 is 0 Å². The van der Waals surface area contributed by atoms with Gasteiger partial charge in [-0.2, -0.15) is 0 Å². The number of nitrogens with zero attached hydrogens (tertiary/aromatic N) is 4. The maximum absolute atomic E-state index is 5.93. The van der Waals surface area contributed by atoms with Gasteiger partial charge in [-0.15, -0.1) is 0 Å². The number of likely N-dealkylation sites (N-methyl/N-ethyl adjacent to an activating group) is 2. The SMILES string of the molecule is CCN1CCCC1CN(C)c1nc(C)nc(N)c1C. The summed E-state index contributed by atoms with van der Waals surface area (Å²) >= 11 is 0. The number of aryl methyl sites for hydroxylation is 1. The Morgan fingerprint density at radius 2 is 2.11 bits per heavy atom. The molecule has 106 valence electrons. The Kier molecular flexibility index (Phi) is 4.24. The van der Waals surface area contributed by atoms with Crippen molar-refractivity contribution >= 4 is 11.6 Å². The van der Waals surface area contributed by atoms with E-state index in [2.05, 4.69) is 33.7 Å². The highest BCUT2D eigenvalue weighted by Crippen LogP contribution is 2.23. The first-order chi connectivity index (χ1) is 9.02. The van der Waals surface area contributed by atoms with Crippen LogP contribution in [-0.2, 0) is 0 Å². The van der Waals surface area contributed by atoms with Gasteiger partial charge in [-0.3, -0.25) is 4.90 Å². The minimum atomic E-state index is 0.591. The number of rotatable bonds is 4. The molecular formula is C14H25N5. The van der Waals surface area contributed by atoms with Crippen LogP contribution in [0.25, 0.3) is 0 Å². The topological polar surface area (TPSA) is 58.3 Å². The molecule has 0 amide bonds. The van der Waals surface area contributed by atoms with Crippen molar-refractivity contribution in [2.45, 2.75) is 39.7 Å². The molecule has 1 aliphatic rings. The van der Waals surface area contributed by atoms with Gasteiger partial charge in [0.15, 0.2) is 0 Å². The van der Waals surface area contributed by atoms with Crippen LogP contribution in [-0.4, -0.2) is 47.6 Å². The van der Waals surface area contributed by atoms with Gasteiger partial charge in [-0.1, -0.05) is 6.92 Å². The molecule has 0 spiro atoms. The second-order valence-corrected chi connectivity index (χ2v) is 5.41. The standard InChI is InChI=1S/C14H25N5/c1-5-19-8-6-7-12(19)9-18(4)14-10(2)13(15)16-11(3)17-14/h12H,5-9H2,1-4H3,(H2,15,16,17). The molecule has 0 saturated carbocycles. The van der Waals surface area contributed by atoms with Crippen molar-refractivity contribution in [3.63, 3.8) is 0 Å². The van der Waals surface area contributed by atoms with Gasteiger partial charge in [0.25, 0.3) is 0 Å². The number of aromatic nitrogens is 2. The van der Waals surface area contributed by atoms with Crippen molar-refractivity contribution in [1.82, 2.24) is 14.9 Å². The lowest BCUT2D eigenvalue weighted by molar-refractivity contribution is 0.270. The second kappa shape index (κ2) is 5.74. The fraction of sp³-hybridized carbons (Fsp3) is 0.714. The molecular weight excluding hydrogens is 238 g/mol. The highest BCUT2D eigenvalue weighted by Gasteiger charge is 2.25. The molecule has 1 aliphatic heterocycles. The van der Waals surface area contributed by atoms with Crippen LogP contribution >= 0.6 is 0 Å². The smallest absolute Gasteiger partial charge is 0.137 e. The zero-order valence-electron chi connectivity index (χ0n) is 12.5. The van der Waals surface area contributed by atoms with Crippen LogP contribution in [0.4, 0.5) is 11.6 Å². The van der Waals surface area contributed by atoms with E-state index < -0.39 is 0 Å². The number of anilines is 2. The van der Waals surface area contributed by atoms with E-state index in [0.29, 0.717) is 11.9 Å². The molecule has 1 atom stereocenters. The first-order valence-electron chi connectivity index (χ1n) is 7.08. The largest absolute Gasteiger partial charge is 0.383 e. The summed E-state index contributed by atoms with van der Waals surface area (Å²) in [5, 5.41) is 0. The van der Waals surface area contributed by atoms with Gasteiger partial charge in [0.2, 0.25) is 0 Å². The van der Waals surface area contributed by atoms with E-state index in [1.54, 1.807) is 0 Å². The summed E-state index contributed by atoms with van der Waals surface area (Å²) in [5.41, 5.74) is 6.91. The summed E-state index contributed by atoms with van der Waals surface area (Å²) in [6, 6.07) is 0.630. The van der Waals surface area contributed by atoms with Crippen molar-refractivity contribution in [3.8, 4) is 0 Å². The minimum absolute atomic E-state index is 0.591. The predicted molar refractivity (Wildman–Crippen MR) is 79.5 cm³/mol. The summed E-state index contributed by atoms with van der Waals surface area (Å²) in [6.45, 7) is 9.47. The number of hydrogen-bond donors (Lipinski definition) is 1. The van der Waals surface area contributed by atoms with Crippen LogP contribution in [0.15, 0.2) is 0 Å². The molecule has 1 unspecified atom stereocenters. The maximum atomic E-state index is 5.93. The third kappa shape index (κ3) is 2.97. The highest BCUT2D eigenvalue weighted by atomic mass is 15.2. The molecule has 5 nitrogen and oxygen atoms in total. The molecule has 2 rings (SSSR count). The third-order valence-electron chi connectivity index (χ3n) is 4.02. The first kappa shape index (κ1) is 14.1. The second-order valence-electron chi connectivity index (χ2n) is 5.41. The summed E-state index contributed by atoms with van der Waals surface area (Å²) in [6.07, 6.45) is 2.58. The fourth-order valence-corrected chi connectivity index (χ4v) is 2.93. The molecule has 2 heterocycles. The van der Waals surface area contributed by atoms with Crippen molar-refractivity contribution < 1.29 is 0 Å². The van der Waals surface area contributed by atoms with Gasteiger partial charge >= 0.3 is 0 Å². The van der Waals surface area contributed by atoms with Crippen LogP contribution < -0.4 is 10.6 Å².